The Bertz CT molecular complexity index is 523. The lowest BCUT2D eigenvalue weighted by molar-refractivity contribution is 0.343. The highest BCUT2D eigenvalue weighted by atomic mass is 16.5. The quantitative estimate of drug-likeness (QED) is 0.877. The van der Waals surface area contributed by atoms with Gasteiger partial charge in [-0.2, -0.15) is 0 Å². The number of para-hydroxylation sites is 1. The number of nitrogens with two attached hydrogens (primary N) is 1. The molecule has 0 saturated carbocycles. The standard InChI is InChI=1S/C14H18N2O/c1-3-6-11-9-10-7-5-8-12(17-4-2)13(10)16-14(11)15/h5,7-9H,3-4,6H2,1-2H3,(H2,15,16). The van der Waals surface area contributed by atoms with Gasteiger partial charge in [0.15, 0.2) is 0 Å². The highest BCUT2D eigenvalue weighted by molar-refractivity contribution is 5.86. The minimum absolute atomic E-state index is 0.617. The SMILES string of the molecule is CCCc1cc2cccc(OCC)c2nc1N. The van der Waals surface area contributed by atoms with Crippen molar-refractivity contribution in [3.05, 3.63) is 29.8 Å². The fourth-order valence-electron chi connectivity index (χ4n) is 1.97. The van der Waals surface area contributed by atoms with Crippen molar-refractivity contribution in [3.63, 3.8) is 0 Å². The molecule has 3 heteroatoms. The maximum atomic E-state index is 5.97. The Balaban J connectivity index is 2.56. The molecular weight excluding hydrogens is 212 g/mol. The normalized spacial score (nSPS) is 10.7. The van der Waals surface area contributed by atoms with Gasteiger partial charge in [-0.05, 0) is 31.0 Å². The molecule has 0 aliphatic rings. The fraction of sp³-hybridized carbons (Fsp3) is 0.357. The van der Waals surface area contributed by atoms with Crippen LogP contribution < -0.4 is 10.5 Å². The molecule has 0 bridgehead atoms. The molecule has 0 fully saturated rings. The molecule has 2 N–H and O–H groups in total. The molecule has 1 heterocycles. The summed E-state index contributed by atoms with van der Waals surface area (Å²) in [5, 5.41) is 1.09. The van der Waals surface area contributed by atoms with Crippen molar-refractivity contribution in [2.75, 3.05) is 12.3 Å². The van der Waals surface area contributed by atoms with Crippen molar-refractivity contribution < 1.29 is 4.74 Å². The van der Waals surface area contributed by atoms with Crippen LogP contribution in [0, 0.1) is 0 Å². The molecule has 0 saturated heterocycles. The van der Waals surface area contributed by atoms with Gasteiger partial charge in [-0.25, -0.2) is 4.98 Å². The summed E-state index contributed by atoms with van der Waals surface area (Å²) in [4.78, 5) is 4.47. The lowest BCUT2D eigenvalue weighted by Crippen LogP contribution is -2.00. The minimum Gasteiger partial charge on any atom is -0.492 e. The number of nitrogen functional groups attached to an aromatic ring is 1. The first-order chi connectivity index (χ1) is 8.26. The van der Waals surface area contributed by atoms with Crippen LogP contribution in [0.1, 0.15) is 25.8 Å². The Labute approximate surface area is 102 Å². The first-order valence-corrected chi connectivity index (χ1v) is 6.07. The van der Waals surface area contributed by atoms with E-state index >= 15 is 0 Å². The smallest absolute Gasteiger partial charge is 0.145 e. The van der Waals surface area contributed by atoms with E-state index in [-0.39, 0.29) is 0 Å². The summed E-state index contributed by atoms with van der Waals surface area (Å²) in [6.45, 7) is 4.74. The van der Waals surface area contributed by atoms with Gasteiger partial charge < -0.3 is 10.5 Å². The molecule has 0 spiro atoms. The van der Waals surface area contributed by atoms with Crippen molar-refractivity contribution >= 4 is 16.7 Å². The predicted octanol–water partition coefficient (Wildman–Crippen LogP) is 3.17. The van der Waals surface area contributed by atoms with Crippen LogP contribution in [-0.4, -0.2) is 11.6 Å². The van der Waals surface area contributed by atoms with Crippen molar-refractivity contribution in [1.82, 2.24) is 4.98 Å². The zero-order chi connectivity index (χ0) is 12.3. The predicted molar refractivity (Wildman–Crippen MR) is 71.3 cm³/mol. The lowest BCUT2D eigenvalue weighted by atomic mass is 10.1. The topological polar surface area (TPSA) is 48.1 Å². The maximum absolute atomic E-state index is 5.97. The molecule has 0 amide bonds. The number of hydrogen-bond acceptors (Lipinski definition) is 3. The monoisotopic (exact) mass is 230 g/mol. The summed E-state index contributed by atoms with van der Waals surface area (Å²) in [6.07, 6.45) is 2.04. The zero-order valence-corrected chi connectivity index (χ0v) is 10.4. The Hall–Kier alpha value is -1.77. The number of nitrogens with zero attached hydrogens (tertiary/aromatic N) is 1. The second-order valence-electron chi connectivity index (χ2n) is 4.04. The van der Waals surface area contributed by atoms with E-state index in [4.69, 9.17) is 10.5 Å². The van der Waals surface area contributed by atoms with E-state index in [9.17, 15) is 0 Å². The number of aryl methyl sites for hydroxylation is 1. The number of hydrogen-bond donors (Lipinski definition) is 1. The molecule has 3 nitrogen and oxygen atoms in total. The van der Waals surface area contributed by atoms with Crippen LogP contribution in [0.25, 0.3) is 10.9 Å². The van der Waals surface area contributed by atoms with E-state index in [0.717, 1.165) is 35.1 Å². The number of fused-ring (bicyclic) bond motifs is 1. The van der Waals surface area contributed by atoms with Crippen LogP contribution in [0.3, 0.4) is 0 Å². The van der Waals surface area contributed by atoms with E-state index in [1.165, 1.54) is 0 Å². The van der Waals surface area contributed by atoms with Gasteiger partial charge in [0.2, 0.25) is 0 Å². The summed E-state index contributed by atoms with van der Waals surface area (Å²) in [5.74, 6) is 1.42. The molecule has 17 heavy (non-hydrogen) atoms. The van der Waals surface area contributed by atoms with E-state index < -0.39 is 0 Å². The van der Waals surface area contributed by atoms with Gasteiger partial charge in [0.25, 0.3) is 0 Å². The highest BCUT2D eigenvalue weighted by Gasteiger charge is 2.07. The van der Waals surface area contributed by atoms with Gasteiger partial charge in [0.1, 0.15) is 17.1 Å². The summed E-state index contributed by atoms with van der Waals surface area (Å²) >= 11 is 0. The van der Waals surface area contributed by atoms with Gasteiger partial charge in [0.05, 0.1) is 6.61 Å². The average molecular weight is 230 g/mol. The molecular formula is C14H18N2O. The molecule has 2 aromatic rings. The first kappa shape index (κ1) is 11.7. The molecule has 0 aliphatic carbocycles. The largest absolute Gasteiger partial charge is 0.492 e. The maximum Gasteiger partial charge on any atom is 0.145 e. The van der Waals surface area contributed by atoms with Crippen LogP contribution in [-0.2, 0) is 6.42 Å². The number of aromatic nitrogens is 1. The zero-order valence-electron chi connectivity index (χ0n) is 10.4. The molecule has 2 rings (SSSR count). The van der Waals surface area contributed by atoms with Crippen LogP contribution in [0.5, 0.6) is 5.75 Å². The number of rotatable bonds is 4. The second kappa shape index (κ2) is 5.04. The average Bonchev–Trinajstić information content (AvgIpc) is 2.32. The molecule has 1 aromatic heterocycles. The van der Waals surface area contributed by atoms with Crippen molar-refractivity contribution in [2.45, 2.75) is 26.7 Å². The van der Waals surface area contributed by atoms with Gasteiger partial charge in [0, 0.05) is 5.39 Å². The molecule has 1 aromatic carbocycles. The number of benzene rings is 1. The first-order valence-electron chi connectivity index (χ1n) is 6.07. The molecule has 0 radical (unpaired) electrons. The van der Waals surface area contributed by atoms with Crippen molar-refractivity contribution in [1.29, 1.82) is 0 Å². The summed E-state index contributed by atoms with van der Waals surface area (Å²) < 4.78 is 5.56. The number of ether oxygens (including phenoxy) is 1. The summed E-state index contributed by atoms with van der Waals surface area (Å²) in [6, 6.07) is 8.08. The van der Waals surface area contributed by atoms with Gasteiger partial charge >= 0.3 is 0 Å². The fourth-order valence-corrected chi connectivity index (χ4v) is 1.97. The number of anilines is 1. The third-order valence-electron chi connectivity index (χ3n) is 2.74. The van der Waals surface area contributed by atoms with Crippen LogP contribution in [0.15, 0.2) is 24.3 Å². The van der Waals surface area contributed by atoms with Gasteiger partial charge in [-0.3, -0.25) is 0 Å². The van der Waals surface area contributed by atoms with Gasteiger partial charge in [-0.15, -0.1) is 0 Å². The Morgan fingerprint density at radius 1 is 1.29 bits per heavy atom. The molecule has 0 unspecified atom stereocenters. The van der Waals surface area contributed by atoms with Crippen molar-refractivity contribution in [3.8, 4) is 5.75 Å². The van der Waals surface area contributed by atoms with E-state index in [1.807, 2.05) is 25.1 Å². The van der Waals surface area contributed by atoms with E-state index in [1.54, 1.807) is 0 Å². The minimum atomic E-state index is 0.617. The van der Waals surface area contributed by atoms with Crippen molar-refractivity contribution in [2.24, 2.45) is 0 Å². The Morgan fingerprint density at radius 2 is 2.12 bits per heavy atom. The Kier molecular flexibility index (Phi) is 3.47. The van der Waals surface area contributed by atoms with Crippen LogP contribution in [0.4, 0.5) is 5.82 Å². The molecule has 0 atom stereocenters. The van der Waals surface area contributed by atoms with E-state index in [0.29, 0.717) is 12.4 Å². The summed E-state index contributed by atoms with van der Waals surface area (Å²) in [7, 11) is 0. The summed E-state index contributed by atoms with van der Waals surface area (Å²) in [5.41, 5.74) is 7.94. The molecule has 0 aliphatic heterocycles. The Morgan fingerprint density at radius 3 is 2.82 bits per heavy atom. The second-order valence-corrected chi connectivity index (χ2v) is 4.04. The lowest BCUT2D eigenvalue weighted by Gasteiger charge is -2.10. The third kappa shape index (κ3) is 2.33. The highest BCUT2D eigenvalue weighted by Crippen LogP contribution is 2.27. The number of pyridine rings is 1. The third-order valence-corrected chi connectivity index (χ3v) is 2.74. The van der Waals surface area contributed by atoms with Crippen LogP contribution >= 0.6 is 0 Å². The molecule has 90 valence electrons. The van der Waals surface area contributed by atoms with Gasteiger partial charge in [-0.1, -0.05) is 25.5 Å². The van der Waals surface area contributed by atoms with E-state index in [2.05, 4.69) is 18.0 Å². The van der Waals surface area contributed by atoms with Crippen LogP contribution in [0.2, 0.25) is 0 Å².